The smallest absolute Gasteiger partial charge is 0.147 e. The molecular formula is C12H23N5. The first-order chi connectivity index (χ1) is 8.11. The average Bonchev–Trinajstić information content (AvgIpc) is 2.73. The summed E-state index contributed by atoms with van der Waals surface area (Å²) in [5, 5.41) is 11.5. The zero-order valence-electron chi connectivity index (χ0n) is 11.1. The third-order valence-corrected chi connectivity index (χ3v) is 3.22. The summed E-state index contributed by atoms with van der Waals surface area (Å²) in [5.74, 6) is 1.09. The van der Waals surface area contributed by atoms with Gasteiger partial charge >= 0.3 is 0 Å². The van der Waals surface area contributed by atoms with Gasteiger partial charge in [-0.3, -0.25) is 4.90 Å². The first-order valence-corrected chi connectivity index (χ1v) is 6.40. The highest BCUT2D eigenvalue weighted by molar-refractivity contribution is 4.91. The summed E-state index contributed by atoms with van der Waals surface area (Å²) in [6.45, 7) is 13.0. The molecule has 0 aromatic carbocycles. The summed E-state index contributed by atoms with van der Waals surface area (Å²) < 4.78 is 2.15. The van der Waals surface area contributed by atoms with E-state index in [0.29, 0.717) is 5.41 Å². The number of hydrogen-bond donors (Lipinski definition) is 1. The lowest BCUT2D eigenvalue weighted by atomic mass is 9.92. The molecular weight excluding hydrogens is 214 g/mol. The molecule has 0 amide bonds. The Balaban J connectivity index is 1.89. The minimum absolute atomic E-state index is 0.304. The Labute approximate surface area is 103 Å². The van der Waals surface area contributed by atoms with Gasteiger partial charge in [0.25, 0.3) is 0 Å². The zero-order valence-corrected chi connectivity index (χ0v) is 11.1. The Morgan fingerprint density at radius 1 is 1.41 bits per heavy atom. The molecule has 0 unspecified atom stereocenters. The lowest BCUT2D eigenvalue weighted by Gasteiger charge is -2.34. The van der Waals surface area contributed by atoms with Crippen LogP contribution in [0, 0.1) is 5.41 Å². The SMILES string of the molecule is CCNCC(C)(C)CN1CCn2cnnc2C1. The first kappa shape index (κ1) is 12.5. The van der Waals surface area contributed by atoms with Gasteiger partial charge in [-0.2, -0.15) is 0 Å². The maximum atomic E-state index is 4.15. The van der Waals surface area contributed by atoms with Crippen LogP contribution < -0.4 is 5.32 Å². The van der Waals surface area contributed by atoms with Crippen molar-refractivity contribution in [2.45, 2.75) is 33.9 Å². The molecule has 1 aliphatic heterocycles. The van der Waals surface area contributed by atoms with E-state index < -0.39 is 0 Å². The zero-order chi connectivity index (χ0) is 12.3. The fourth-order valence-corrected chi connectivity index (χ4v) is 2.38. The van der Waals surface area contributed by atoms with E-state index in [-0.39, 0.29) is 0 Å². The molecule has 96 valence electrons. The number of hydrogen-bond acceptors (Lipinski definition) is 4. The van der Waals surface area contributed by atoms with E-state index >= 15 is 0 Å². The third-order valence-electron chi connectivity index (χ3n) is 3.22. The van der Waals surface area contributed by atoms with Crippen LogP contribution in [0.1, 0.15) is 26.6 Å². The third kappa shape index (κ3) is 3.26. The van der Waals surface area contributed by atoms with E-state index in [2.05, 4.69) is 45.8 Å². The van der Waals surface area contributed by atoms with Crippen molar-refractivity contribution in [1.29, 1.82) is 0 Å². The van der Waals surface area contributed by atoms with Gasteiger partial charge in [0, 0.05) is 26.2 Å². The van der Waals surface area contributed by atoms with E-state index in [9.17, 15) is 0 Å². The molecule has 0 saturated heterocycles. The highest BCUT2D eigenvalue weighted by Crippen LogP contribution is 2.19. The fourth-order valence-electron chi connectivity index (χ4n) is 2.38. The molecule has 0 radical (unpaired) electrons. The van der Waals surface area contributed by atoms with Gasteiger partial charge in [0.1, 0.15) is 12.2 Å². The molecule has 0 aliphatic carbocycles. The average molecular weight is 237 g/mol. The second-order valence-electron chi connectivity index (χ2n) is 5.60. The largest absolute Gasteiger partial charge is 0.316 e. The van der Waals surface area contributed by atoms with Crippen LogP contribution in [0.4, 0.5) is 0 Å². The Bertz CT molecular complexity index is 358. The molecule has 5 heteroatoms. The molecule has 1 aromatic heterocycles. The lowest BCUT2D eigenvalue weighted by molar-refractivity contribution is 0.142. The summed E-state index contributed by atoms with van der Waals surface area (Å²) >= 11 is 0. The molecule has 17 heavy (non-hydrogen) atoms. The number of nitrogens with one attached hydrogen (secondary N) is 1. The number of fused-ring (bicyclic) bond motifs is 1. The van der Waals surface area contributed by atoms with Crippen molar-refractivity contribution in [2.75, 3.05) is 26.2 Å². The second kappa shape index (κ2) is 5.14. The van der Waals surface area contributed by atoms with Gasteiger partial charge in [-0.1, -0.05) is 20.8 Å². The molecule has 1 aromatic rings. The number of rotatable bonds is 5. The van der Waals surface area contributed by atoms with Crippen LogP contribution in [0.25, 0.3) is 0 Å². The summed E-state index contributed by atoms with van der Waals surface area (Å²) in [7, 11) is 0. The van der Waals surface area contributed by atoms with Crippen molar-refractivity contribution in [3.63, 3.8) is 0 Å². The summed E-state index contributed by atoms with van der Waals surface area (Å²) in [6.07, 6.45) is 1.83. The quantitative estimate of drug-likeness (QED) is 0.820. The molecule has 0 bridgehead atoms. The Hall–Kier alpha value is -0.940. The standard InChI is InChI=1S/C12H23N5/c1-4-13-8-12(2,3)9-16-5-6-17-10-14-15-11(17)7-16/h10,13H,4-9H2,1-3H3. The normalized spacial score (nSPS) is 17.1. The molecule has 0 fully saturated rings. The Kier molecular flexibility index (Phi) is 3.79. The van der Waals surface area contributed by atoms with Crippen LogP contribution in [0.15, 0.2) is 6.33 Å². The van der Waals surface area contributed by atoms with E-state index in [0.717, 1.165) is 45.1 Å². The predicted octanol–water partition coefficient (Wildman–Crippen LogP) is 0.729. The minimum Gasteiger partial charge on any atom is -0.316 e. The summed E-state index contributed by atoms with van der Waals surface area (Å²) in [6, 6.07) is 0. The van der Waals surface area contributed by atoms with Gasteiger partial charge in [0.05, 0.1) is 6.54 Å². The van der Waals surface area contributed by atoms with Crippen LogP contribution in [-0.2, 0) is 13.1 Å². The molecule has 0 spiro atoms. The molecule has 2 heterocycles. The Morgan fingerprint density at radius 2 is 2.24 bits per heavy atom. The van der Waals surface area contributed by atoms with Crippen molar-refractivity contribution < 1.29 is 0 Å². The Morgan fingerprint density at radius 3 is 3.00 bits per heavy atom. The van der Waals surface area contributed by atoms with E-state index in [1.165, 1.54) is 0 Å². The van der Waals surface area contributed by atoms with Crippen molar-refractivity contribution in [2.24, 2.45) is 5.41 Å². The summed E-state index contributed by atoms with van der Waals surface area (Å²) in [5.41, 5.74) is 0.304. The molecule has 0 saturated carbocycles. The van der Waals surface area contributed by atoms with Crippen molar-refractivity contribution >= 4 is 0 Å². The lowest BCUT2D eigenvalue weighted by Crippen LogP contribution is -2.43. The minimum atomic E-state index is 0.304. The van der Waals surface area contributed by atoms with Gasteiger partial charge in [-0.15, -0.1) is 10.2 Å². The van der Waals surface area contributed by atoms with Crippen LogP contribution in [0.2, 0.25) is 0 Å². The molecule has 1 aliphatic rings. The predicted molar refractivity (Wildman–Crippen MR) is 67.6 cm³/mol. The second-order valence-corrected chi connectivity index (χ2v) is 5.60. The fraction of sp³-hybridized carbons (Fsp3) is 0.833. The van der Waals surface area contributed by atoms with Crippen LogP contribution in [-0.4, -0.2) is 45.8 Å². The maximum absolute atomic E-state index is 4.15. The first-order valence-electron chi connectivity index (χ1n) is 6.40. The molecule has 2 rings (SSSR count). The number of aromatic nitrogens is 3. The van der Waals surface area contributed by atoms with Gasteiger partial charge in [-0.05, 0) is 12.0 Å². The highest BCUT2D eigenvalue weighted by atomic mass is 15.3. The molecule has 0 atom stereocenters. The monoisotopic (exact) mass is 237 g/mol. The maximum Gasteiger partial charge on any atom is 0.147 e. The number of nitrogens with zero attached hydrogens (tertiary/aromatic N) is 4. The van der Waals surface area contributed by atoms with Gasteiger partial charge in [0.15, 0.2) is 0 Å². The van der Waals surface area contributed by atoms with E-state index in [1.54, 1.807) is 0 Å². The summed E-state index contributed by atoms with van der Waals surface area (Å²) in [4.78, 5) is 2.47. The van der Waals surface area contributed by atoms with E-state index in [4.69, 9.17) is 0 Å². The van der Waals surface area contributed by atoms with Crippen molar-refractivity contribution in [1.82, 2.24) is 25.0 Å². The van der Waals surface area contributed by atoms with Crippen molar-refractivity contribution in [3.05, 3.63) is 12.2 Å². The van der Waals surface area contributed by atoms with E-state index in [1.807, 2.05) is 6.33 Å². The van der Waals surface area contributed by atoms with Gasteiger partial charge in [0.2, 0.25) is 0 Å². The van der Waals surface area contributed by atoms with Crippen LogP contribution >= 0.6 is 0 Å². The molecule has 5 nitrogen and oxygen atoms in total. The van der Waals surface area contributed by atoms with Gasteiger partial charge < -0.3 is 9.88 Å². The van der Waals surface area contributed by atoms with Crippen LogP contribution in [0.5, 0.6) is 0 Å². The molecule has 1 N–H and O–H groups in total. The van der Waals surface area contributed by atoms with Gasteiger partial charge in [-0.25, -0.2) is 0 Å². The highest BCUT2D eigenvalue weighted by Gasteiger charge is 2.24. The van der Waals surface area contributed by atoms with Crippen molar-refractivity contribution in [3.8, 4) is 0 Å². The topological polar surface area (TPSA) is 46.0 Å². The van der Waals surface area contributed by atoms with Crippen LogP contribution in [0.3, 0.4) is 0 Å².